The van der Waals surface area contributed by atoms with Crippen LogP contribution in [0, 0.1) is 6.92 Å². The molecule has 0 bridgehead atoms. The van der Waals surface area contributed by atoms with E-state index in [0.717, 1.165) is 48.8 Å². The highest BCUT2D eigenvalue weighted by molar-refractivity contribution is 7.22. The fraction of sp³-hybridized carbons (Fsp3) is 0.421. The molecule has 0 unspecified atom stereocenters. The second-order valence-electron chi connectivity index (χ2n) is 6.57. The van der Waals surface area contributed by atoms with Crippen molar-refractivity contribution in [3.8, 4) is 5.75 Å². The van der Waals surface area contributed by atoms with E-state index in [2.05, 4.69) is 15.0 Å². The Kier molecular flexibility index (Phi) is 5.56. The molecular formula is C19H22N4O4S. The van der Waals surface area contributed by atoms with Crippen LogP contribution in [-0.2, 0) is 4.74 Å². The summed E-state index contributed by atoms with van der Waals surface area (Å²) < 4.78 is 16.9. The molecule has 28 heavy (non-hydrogen) atoms. The van der Waals surface area contributed by atoms with E-state index in [1.54, 1.807) is 25.0 Å². The van der Waals surface area contributed by atoms with Gasteiger partial charge in [0.05, 0.1) is 36.2 Å². The van der Waals surface area contributed by atoms with Crippen molar-refractivity contribution in [1.82, 2.24) is 15.0 Å². The standard InChI is InChI=1S/C19H22N4O4S/c1-13-11-16(27-21-13)18(24)23(6-5-22-7-9-26-10-8-22)19-20-15-12-14(25-2)3-4-17(15)28-19/h3-4,11-12H,5-10H2,1-2H3. The van der Waals surface area contributed by atoms with Crippen LogP contribution < -0.4 is 9.64 Å². The van der Waals surface area contributed by atoms with Crippen LogP contribution in [0.5, 0.6) is 5.75 Å². The van der Waals surface area contributed by atoms with E-state index in [1.807, 2.05) is 18.2 Å². The number of ether oxygens (including phenoxy) is 2. The van der Waals surface area contributed by atoms with Crippen molar-refractivity contribution < 1.29 is 18.8 Å². The smallest absolute Gasteiger partial charge is 0.298 e. The van der Waals surface area contributed by atoms with Gasteiger partial charge in [0.1, 0.15) is 5.75 Å². The number of hydrogen-bond acceptors (Lipinski definition) is 8. The zero-order valence-corrected chi connectivity index (χ0v) is 16.7. The SMILES string of the molecule is COc1ccc2sc(N(CCN3CCOCC3)C(=O)c3cc(C)no3)nc2c1. The largest absolute Gasteiger partial charge is 0.497 e. The molecule has 0 radical (unpaired) electrons. The third-order valence-corrected chi connectivity index (χ3v) is 5.70. The average molecular weight is 402 g/mol. The molecule has 0 atom stereocenters. The van der Waals surface area contributed by atoms with Crippen LogP contribution in [0.3, 0.4) is 0 Å². The molecule has 4 rings (SSSR count). The predicted octanol–water partition coefficient (Wildman–Crippen LogP) is 2.58. The summed E-state index contributed by atoms with van der Waals surface area (Å²) in [7, 11) is 1.62. The van der Waals surface area contributed by atoms with Gasteiger partial charge < -0.3 is 14.0 Å². The van der Waals surface area contributed by atoms with Crippen molar-refractivity contribution in [3.05, 3.63) is 35.7 Å². The summed E-state index contributed by atoms with van der Waals surface area (Å²) in [6.07, 6.45) is 0. The van der Waals surface area contributed by atoms with Crippen molar-refractivity contribution >= 4 is 32.6 Å². The first-order valence-corrected chi connectivity index (χ1v) is 9.95. The highest BCUT2D eigenvalue weighted by atomic mass is 32.1. The normalized spacial score (nSPS) is 15.1. The molecule has 3 aromatic rings. The van der Waals surface area contributed by atoms with Crippen LogP contribution in [0.2, 0.25) is 0 Å². The first-order chi connectivity index (χ1) is 13.6. The van der Waals surface area contributed by atoms with Crippen molar-refractivity contribution in [2.75, 3.05) is 51.4 Å². The minimum absolute atomic E-state index is 0.219. The minimum atomic E-state index is -0.236. The number of rotatable bonds is 6. The summed E-state index contributed by atoms with van der Waals surface area (Å²) in [6, 6.07) is 7.38. The van der Waals surface area contributed by atoms with E-state index in [1.165, 1.54) is 11.3 Å². The Balaban J connectivity index is 1.62. The van der Waals surface area contributed by atoms with E-state index < -0.39 is 0 Å². The van der Waals surface area contributed by atoms with Crippen molar-refractivity contribution in [2.24, 2.45) is 0 Å². The van der Waals surface area contributed by atoms with E-state index in [4.69, 9.17) is 14.0 Å². The molecule has 1 aliphatic heterocycles. The van der Waals surface area contributed by atoms with E-state index in [0.29, 0.717) is 17.4 Å². The number of amides is 1. The van der Waals surface area contributed by atoms with Gasteiger partial charge in [-0.05, 0) is 19.1 Å². The number of morpholine rings is 1. The third kappa shape index (κ3) is 4.01. The second kappa shape index (κ2) is 8.26. The number of benzene rings is 1. The number of carbonyl (C=O) groups excluding carboxylic acids is 1. The Morgan fingerprint density at radius 2 is 2.14 bits per heavy atom. The highest BCUT2D eigenvalue weighted by Crippen LogP contribution is 2.32. The van der Waals surface area contributed by atoms with Gasteiger partial charge in [-0.2, -0.15) is 0 Å². The molecule has 148 valence electrons. The molecule has 1 aromatic carbocycles. The van der Waals surface area contributed by atoms with Crippen molar-refractivity contribution in [1.29, 1.82) is 0 Å². The molecule has 1 fully saturated rings. The lowest BCUT2D eigenvalue weighted by Gasteiger charge is -2.28. The monoisotopic (exact) mass is 402 g/mol. The summed E-state index contributed by atoms with van der Waals surface area (Å²) in [5, 5.41) is 4.48. The Morgan fingerprint density at radius 3 is 2.86 bits per heavy atom. The number of carbonyl (C=O) groups is 1. The molecule has 2 aromatic heterocycles. The van der Waals surface area contributed by atoms with E-state index >= 15 is 0 Å². The lowest BCUT2D eigenvalue weighted by atomic mass is 10.3. The number of aromatic nitrogens is 2. The van der Waals surface area contributed by atoms with Gasteiger partial charge in [0.2, 0.25) is 5.76 Å². The van der Waals surface area contributed by atoms with Crippen LogP contribution in [-0.4, -0.2) is 67.5 Å². The molecule has 8 nitrogen and oxygen atoms in total. The summed E-state index contributed by atoms with van der Waals surface area (Å²) in [5.74, 6) is 0.720. The fourth-order valence-corrected chi connectivity index (χ4v) is 4.06. The Bertz CT molecular complexity index is 964. The number of aryl methyl sites for hydroxylation is 1. The molecule has 0 aliphatic carbocycles. The maximum Gasteiger partial charge on any atom is 0.298 e. The summed E-state index contributed by atoms with van der Waals surface area (Å²) in [5.41, 5.74) is 1.47. The van der Waals surface area contributed by atoms with Crippen molar-refractivity contribution in [3.63, 3.8) is 0 Å². The predicted molar refractivity (Wildman–Crippen MR) is 106 cm³/mol. The third-order valence-electron chi connectivity index (χ3n) is 4.64. The van der Waals surface area contributed by atoms with Gasteiger partial charge in [-0.3, -0.25) is 14.6 Å². The molecular weight excluding hydrogens is 380 g/mol. The Hall–Kier alpha value is -2.49. The van der Waals surface area contributed by atoms with Crippen LogP contribution in [0.15, 0.2) is 28.8 Å². The molecule has 1 amide bonds. The maximum absolute atomic E-state index is 13.1. The fourth-order valence-electron chi connectivity index (χ4n) is 3.09. The van der Waals surface area contributed by atoms with Gasteiger partial charge in [-0.15, -0.1) is 0 Å². The Morgan fingerprint density at radius 1 is 1.32 bits per heavy atom. The highest BCUT2D eigenvalue weighted by Gasteiger charge is 2.25. The second-order valence-corrected chi connectivity index (χ2v) is 7.58. The topological polar surface area (TPSA) is 80.9 Å². The van der Waals surface area contributed by atoms with Gasteiger partial charge in [-0.1, -0.05) is 16.5 Å². The Labute approximate surface area is 166 Å². The number of methoxy groups -OCH3 is 1. The van der Waals surface area contributed by atoms with Gasteiger partial charge in [0.25, 0.3) is 5.91 Å². The van der Waals surface area contributed by atoms with Crippen LogP contribution in [0.4, 0.5) is 5.13 Å². The number of nitrogens with zero attached hydrogens (tertiary/aromatic N) is 4. The van der Waals surface area contributed by atoms with E-state index in [9.17, 15) is 4.79 Å². The lowest BCUT2D eigenvalue weighted by molar-refractivity contribution is 0.0390. The average Bonchev–Trinajstić information content (AvgIpc) is 3.34. The molecule has 0 saturated carbocycles. The molecule has 1 aliphatic rings. The van der Waals surface area contributed by atoms with Crippen LogP contribution in [0.1, 0.15) is 16.2 Å². The van der Waals surface area contributed by atoms with E-state index in [-0.39, 0.29) is 11.7 Å². The zero-order valence-electron chi connectivity index (χ0n) is 15.9. The van der Waals surface area contributed by atoms with Crippen LogP contribution in [0.25, 0.3) is 10.2 Å². The van der Waals surface area contributed by atoms with Gasteiger partial charge in [-0.25, -0.2) is 4.98 Å². The van der Waals surface area contributed by atoms with Crippen molar-refractivity contribution in [2.45, 2.75) is 6.92 Å². The first-order valence-electron chi connectivity index (χ1n) is 9.14. The molecule has 1 saturated heterocycles. The molecule has 9 heteroatoms. The summed E-state index contributed by atoms with van der Waals surface area (Å²) >= 11 is 1.47. The van der Waals surface area contributed by atoms with Gasteiger partial charge in [0.15, 0.2) is 5.13 Å². The molecule has 0 N–H and O–H groups in total. The lowest BCUT2D eigenvalue weighted by Crippen LogP contribution is -2.43. The zero-order chi connectivity index (χ0) is 19.5. The van der Waals surface area contributed by atoms with Crippen LogP contribution >= 0.6 is 11.3 Å². The maximum atomic E-state index is 13.1. The first kappa shape index (κ1) is 18.9. The summed E-state index contributed by atoms with van der Waals surface area (Å²) in [6.45, 7) is 6.20. The number of fused-ring (bicyclic) bond motifs is 1. The number of thiazole rings is 1. The number of anilines is 1. The van der Waals surface area contributed by atoms with Gasteiger partial charge in [0, 0.05) is 38.3 Å². The molecule has 3 heterocycles. The van der Waals surface area contributed by atoms with Gasteiger partial charge >= 0.3 is 0 Å². The molecule has 0 spiro atoms. The number of hydrogen-bond donors (Lipinski definition) is 0. The quantitative estimate of drug-likeness (QED) is 0.627. The minimum Gasteiger partial charge on any atom is -0.497 e. The summed E-state index contributed by atoms with van der Waals surface area (Å²) in [4.78, 5) is 21.8.